The number of carbonyl (C=O) groups is 1. The fourth-order valence-electron chi connectivity index (χ4n) is 3.60. The van der Waals surface area contributed by atoms with E-state index >= 15 is 0 Å². The Morgan fingerprint density at radius 3 is 2.39 bits per heavy atom. The molecule has 3 N–H and O–H groups in total. The van der Waals surface area contributed by atoms with Crippen LogP contribution in [0.1, 0.15) is 15.9 Å². The summed E-state index contributed by atoms with van der Waals surface area (Å²) < 4.78 is 38.1. The highest BCUT2D eigenvalue weighted by Gasteiger charge is 2.22. The van der Waals surface area contributed by atoms with Gasteiger partial charge in [0.15, 0.2) is 5.75 Å². The molecule has 0 aromatic heterocycles. The van der Waals surface area contributed by atoms with E-state index in [1.165, 1.54) is 32.2 Å². The number of ether oxygens (including phenoxy) is 1. The lowest BCUT2D eigenvalue weighted by Crippen LogP contribution is -2.12. The van der Waals surface area contributed by atoms with Crippen LogP contribution in [0.15, 0.2) is 81.9 Å². The van der Waals surface area contributed by atoms with Crippen molar-refractivity contribution in [2.24, 2.45) is 10.2 Å². The highest BCUT2D eigenvalue weighted by atomic mass is 35.5. The Labute approximate surface area is 211 Å². The van der Waals surface area contributed by atoms with Crippen LogP contribution < -0.4 is 10.1 Å². The molecule has 1 amide bonds. The third-order valence-corrected chi connectivity index (χ3v) is 6.91. The van der Waals surface area contributed by atoms with Crippen LogP contribution in [0.5, 0.6) is 11.5 Å². The second kappa shape index (κ2) is 9.94. The molecule has 36 heavy (non-hydrogen) atoms. The number of nitrogens with one attached hydrogen (secondary N) is 1. The van der Waals surface area contributed by atoms with Crippen LogP contribution >= 0.6 is 11.6 Å². The van der Waals surface area contributed by atoms with Crippen LogP contribution in [0.4, 0.5) is 17.1 Å². The number of methoxy groups -OCH3 is 1. The highest BCUT2D eigenvalue weighted by molar-refractivity contribution is 7.86. The number of phenolic OH excluding ortho intramolecular Hbond substituents is 1. The molecule has 184 valence electrons. The summed E-state index contributed by atoms with van der Waals surface area (Å²) in [6, 6.07) is 18.0. The summed E-state index contributed by atoms with van der Waals surface area (Å²) in [7, 11) is -3.08. The molecule has 11 heteroatoms. The molecule has 0 heterocycles. The Hall–Kier alpha value is -3.99. The maximum atomic E-state index is 13.0. The average molecular weight is 526 g/mol. The number of nitrogens with zero attached hydrogens (tertiary/aromatic N) is 2. The number of amides is 1. The number of fused-ring (bicyclic) bond motifs is 1. The number of azo groups is 1. The second-order valence-electron chi connectivity index (χ2n) is 7.74. The number of rotatable bonds is 6. The van der Waals surface area contributed by atoms with E-state index in [1.807, 2.05) is 0 Å². The lowest BCUT2D eigenvalue weighted by atomic mass is 10.0. The minimum Gasteiger partial charge on any atom is -0.505 e. The van der Waals surface area contributed by atoms with Gasteiger partial charge in [-0.2, -0.15) is 8.42 Å². The van der Waals surface area contributed by atoms with E-state index in [9.17, 15) is 22.9 Å². The first-order chi connectivity index (χ1) is 17.1. The number of benzene rings is 4. The van der Waals surface area contributed by atoms with Crippen molar-refractivity contribution in [3.05, 3.63) is 82.9 Å². The summed E-state index contributed by atoms with van der Waals surface area (Å²) in [4.78, 5) is 12.5. The molecule has 0 spiro atoms. The summed E-state index contributed by atoms with van der Waals surface area (Å²) in [6.45, 7) is 1.47. The van der Waals surface area contributed by atoms with Crippen molar-refractivity contribution >= 4 is 55.5 Å². The molecule has 0 saturated heterocycles. The first-order valence-electron chi connectivity index (χ1n) is 10.5. The zero-order chi connectivity index (χ0) is 26.0. The van der Waals surface area contributed by atoms with Gasteiger partial charge in [-0.25, -0.2) is 0 Å². The van der Waals surface area contributed by atoms with Crippen molar-refractivity contribution in [1.82, 2.24) is 0 Å². The number of hydrogen-bond donors (Lipinski definition) is 3. The van der Waals surface area contributed by atoms with Gasteiger partial charge in [0, 0.05) is 11.1 Å². The minimum atomic E-state index is -4.61. The molecule has 4 rings (SSSR count). The average Bonchev–Trinajstić information content (AvgIpc) is 2.84. The van der Waals surface area contributed by atoms with E-state index in [0.717, 1.165) is 0 Å². The van der Waals surface area contributed by atoms with Crippen LogP contribution in [0, 0.1) is 6.92 Å². The molecular weight excluding hydrogens is 506 g/mol. The molecular formula is C25H20ClN3O6S. The number of anilines is 1. The third kappa shape index (κ3) is 5.01. The Kier molecular flexibility index (Phi) is 6.93. The number of halogens is 1. The number of aromatic hydroxyl groups is 1. The van der Waals surface area contributed by atoms with Crippen LogP contribution in [0.25, 0.3) is 10.8 Å². The largest absolute Gasteiger partial charge is 0.505 e. The van der Waals surface area contributed by atoms with Crippen molar-refractivity contribution in [3.63, 3.8) is 0 Å². The van der Waals surface area contributed by atoms with E-state index in [4.69, 9.17) is 16.3 Å². The Balaban J connectivity index is 1.79. The number of carbonyl (C=O) groups excluding carboxylic acids is 1. The predicted octanol–water partition coefficient (Wildman–Crippen LogP) is 6.43. The van der Waals surface area contributed by atoms with Gasteiger partial charge < -0.3 is 15.2 Å². The van der Waals surface area contributed by atoms with E-state index in [0.29, 0.717) is 22.2 Å². The molecule has 0 aliphatic heterocycles. The molecule has 0 atom stereocenters. The highest BCUT2D eigenvalue weighted by Crippen LogP contribution is 2.41. The van der Waals surface area contributed by atoms with Gasteiger partial charge >= 0.3 is 0 Å². The van der Waals surface area contributed by atoms with E-state index in [1.54, 1.807) is 48.5 Å². The van der Waals surface area contributed by atoms with Gasteiger partial charge in [-0.05, 0) is 54.3 Å². The maximum absolute atomic E-state index is 13.0. The first-order valence-corrected chi connectivity index (χ1v) is 12.3. The van der Waals surface area contributed by atoms with Gasteiger partial charge in [-0.15, -0.1) is 10.2 Å². The number of hydrogen-bond acceptors (Lipinski definition) is 7. The molecule has 0 aliphatic carbocycles. The van der Waals surface area contributed by atoms with Gasteiger partial charge in [-0.1, -0.05) is 41.9 Å². The Bertz CT molecular complexity index is 1620. The summed E-state index contributed by atoms with van der Waals surface area (Å²) in [5.41, 5.74) is 0.601. The normalized spacial score (nSPS) is 11.7. The first kappa shape index (κ1) is 25.1. The topological polar surface area (TPSA) is 138 Å². The van der Waals surface area contributed by atoms with Crippen molar-refractivity contribution in [2.45, 2.75) is 11.8 Å². The quantitative estimate of drug-likeness (QED) is 0.196. The van der Waals surface area contributed by atoms with Crippen molar-refractivity contribution < 1.29 is 27.6 Å². The summed E-state index contributed by atoms with van der Waals surface area (Å²) in [5.74, 6) is -0.389. The predicted molar refractivity (Wildman–Crippen MR) is 137 cm³/mol. The van der Waals surface area contributed by atoms with Crippen LogP contribution in [0.3, 0.4) is 0 Å². The fraction of sp³-hybridized carbons (Fsp3) is 0.0800. The molecule has 4 aromatic carbocycles. The molecule has 9 nitrogen and oxygen atoms in total. The Morgan fingerprint density at radius 2 is 1.72 bits per heavy atom. The molecule has 0 bridgehead atoms. The molecule has 0 radical (unpaired) electrons. The second-order valence-corrected chi connectivity index (χ2v) is 9.48. The molecule has 0 aliphatic rings. The molecule has 0 unspecified atom stereocenters. The third-order valence-electron chi connectivity index (χ3n) is 5.38. The standard InChI is InChI=1S/C25H20ClN3O6S/c1-14-7-12-20(21(26)24(14)36(32,33)34)28-29-22-18-6-4-3-5-15(18)13-19(23(22)30)25(31)27-16-8-10-17(35-2)11-9-16/h3-13,30H,1-2H3,(H,27,31)(H,32,33,34). The smallest absolute Gasteiger partial charge is 0.296 e. The number of phenols is 1. The van der Waals surface area contributed by atoms with Crippen LogP contribution in [-0.4, -0.2) is 31.1 Å². The van der Waals surface area contributed by atoms with Crippen LogP contribution in [-0.2, 0) is 10.1 Å². The lowest BCUT2D eigenvalue weighted by molar-refractivity contribution is 0.102. The van der Waals surface area contributed by atoms with Gasteiger partial charge in [0.2, 0.25) is 0 Å². The van der Waals surface area contributed by atoms with Crippen LogP contribution in [0.2, 0.25) is 5.02 Å². The number of aryl methyl sites for hydroxylation is 1. The zero-order valence-corrected chi connectivity index (χ0v) is 20.6. The summed E-state index contributed by atoms with van der Waals surface area (Å²) >= 11 is 6.19. The van der Waals surface area contributed by atoms with E-state index in [2.05, 4.69) is 15.5 Å². The lowest BCUT2D eigenvalue weighted by Gasteiger charge is -2.12. The van der Waals surface area contributed by atoms with E-state index in [-0.39, 0.29) is 27.5 Å². The van der Waals surface area contributed by atoms with Gasteiger partial charge in [0.05, 0.1) is 17.7 Å². The van der Waals surface area contributed by atoms with Crippen molar-refractivity contribution in [2.75, 3.05) is 12.4 Å². The molecule has 0 fully saturated rings. The van der Waals surface area contributed by atoms with Crippen molar-refractivity contribution in [1.29, 1.82) is 0 Å². The Morgan fingerprint density at radius 1 is 1.03 bits per heavy atom. The fourth-order valence-corrected chi connectivity index (χ4v) is 4.95. The van der Waals surface area contributed by atoms with E-state index < -0.39 is 26.7 Å². The van der Waals surface area contributed by atoms with Gasteiger partial charge in [-0.3, -0.25) is 9.35 Å². The SMILES string of the molecule is COc1ccc(NC(=O)c2cc3ccccc3c(N=Nc3ccc(C)c(S(=O)(=O)O)c3Cl)c2O)cc1. The van der Waals surface area contributed by atoms with Gasteiger partial charge in [0.1, 0.15) is 22.0 Å². The van der Waals surface area contributed by atoms with Gasteiger partial charge in [0.25, 0.3) is 16.0 Å². The minimum absolute atomic E-state index is 0.0157. The summed E-state index contributed by atoms with van der Waals surface area (Å²) in [6.07, 6.45) is 0. The molecule has 4 aromatic rings. The monoisotopic (exact) mass is 525 g/mol. The maximum Gasteiger partial charge on any atom is 0.296 e. The molecule has 0 saturated carbocycles. The summed E-state index contributed by atoms with van der Waals surface area (Å²) in [5, 5.41) is 22.6. The van der Waals surface area contributed by atoms with Crippen molar-refractivity contribution in [3.8, 4) is 11.5 Å². The zero-order valence-electron chi connectivity index (χ0n) is 19.1.